The Morgan fingerprint density at radius 3 is 2.67 bits per heavy atom. The van der Waals surface area contributed by atoms with Crippen molar-refractivity contribution in [2.75, 3.05) is 29.9 Å². The van der Waals surface area contributed by atoms with E-state index in [1.165, 1.54) is 19.3 Å². The van der Waals surface area contributed by atoms with Crippen molar-refractivity contribution < 1.29 is 0 Å². The molecule has 2 aromatic heterocycles. The van der Waals surface area contributed by atoms with Crippen molar-refractivity contribution in [3.63, 3.8) is 0 Å². The largest absolute Gasteiger partial charge is 0.370 e. The van der Waals surface area contributed by atoms with Crippen molar-refractivity contribution in [2.45, 2.75) is 26.2 Å². The lowest BCUT2D eigenvalue weighted by Gasteiger charge is -2.27. The predicted octanol–water partition coefficient (Wildman–Crippen LogP) is 2.30. The predicted molar refractivity (Wildman–Crippen MR) is 84.5 cm³/mol. The Hall–Kier alpha value is -2.11. The van der Waals surface area contributed by atoms with Crippen LogP contribution in [0.25, 0.3) is 11.3 Å². The fraction of sp³-hybridized carbons (Fsp3) is 0.533. The monoisotopic (exact) mass is 286 g/mol. The Bertz CT molecular complexity index is 600. The Balaban J connectivity index is 1.96. The SMILES string of the molecule is CCNc1cc(-c2cnn(C)c2)nc(N2CCCCC2)n1. The van der Waals surface area contributed by atoms with Crippen LogP contribution in [0.15, 0.2) is 18.5 Å². The number of nitrogens with zero attached hydrogens (tertiary/aromatic N) is 5. The normalized spacial score (nSPS) is 15.2. The molecule has 0 unspecified atom stereocenters. The van der Waals surface area contributed by atoms with Gasteiger partial charge in [0, 0.05) is 44.5 Å². The maximum absolute atomic E-state index is 4.74. The first-order valence-electron chi connectivity index (χ1n) is 7.63. The van der Waals surface area contributed by atoms with E-state index in [4.69, 9.17) is 4.98 Å². The van der Waals surface area contributed by atoms with E-state index in [0.717, 1.165) is 42.7 Å². The van der Waals surface area contributed by atoms with Gasteiger partial charge >= 0.3 is 0 Å². The molecule has 2 aromatic rings. The molecule has 21 heavy (non-hydrogen) atoms. The number of piperidine rings is 1. The Morgan fingerprint density at radius 2 is 2.00 bits per heavy atom. The summed E-state index contributed by atoms with van der Waals surface area (Å²) in [7, 11) is 1.92. The van der Waals surface area contributed by atoms with Crippen LogP contribution in [-0.4, -0.2) is 39.4 Å². The summed E-state index contributed by atoms with van der Waals surface area (Å²) in [6, 6.07) is 1.99. The van der Waals surface area contributed by atoms with E-state index < -0.39 is 0 Å². The van der Waals surface area contributed by atoms with E-state index in [1.807, 2.05) is 25.5 Å². The average Bonchev–Trinajstić information content (AvgIpc) is 2.95. The Morgan fingerprint density at radius 1 is 1.19 bits per heavy atom. The third-order valence-corrected chi connectivity index (χ3v) is 3.71. The molecule has 0 bridgehead atoms. The summed E-state index contributed by atoms with van der Waals surface area (Å²) in [6.45, 7) is 5.01. The average molecular weight is 286 g/mol. The number of aromatic nitrogens is 4. The highest BCUT2D eigenvalue weighted by Gasteiger charge is 2.16. The topological polar surface area (TPSA) is 58.9 Å². The van der Waals surface area contributed by atoms with E-state index in [9.17, 15) is 0 Å². The lowest BCUT2D eigenvalue weighted by Crippen LogP contribution is -2.31. The quantitative estimate of drug-likeness (QED) is 0.934. The van der Waals surface area contributed by atoms with Gasteiger partial charge in [-0.15, -0.1) is 0 Å². The van der Waals surface area contributed by atoms with Crippen molar-refractivity contribution in [1.29, 1.82) is 0 Å². The molecule has 1 saturated heterocycles. The highest BCUT2D eigenvalue weighted by Crippen LogP contribution is 2.24. The zero-order chi connectivity index (χ0) is 14.7. The summed E-state index contributed by atoms with van der Waals surface area (Å²) in [6.07, 6.45) is 7.57. The summed E-state index contributed by atoms with van der Waals surface area (Å²) in [5, 5.41) is 7.53. The van der Waals surface area contributed by atoms with Crippen LogP contribution in [0.5, 0.6) is 0 Å². The third kappa shape index (κ3) is 3.15. The van der Waals surface area contributed by atoms with Crippen LogP contribution < -0.4 is 10.2 Å². The number of nitrogens with one attached hydrogen (secondary N) is 1. The Kier molecular flexibility index (Phi) is 4.03. The molecule has 112 valence electrons. The molecule has 1 N–H and O–H groups in total. The smallest absolute Gasteiger partial charge is 0.227 e. The number of hydrogen-bond acceptors (Lipinski definition) is 5. The fourth-order valence-corrected chi connectivity index (χ4v) is 2.64. The van der Waals surface area contributed by atoms with Gasteiger partial charge in [0.1, 0.15) is 5.82 Å². The van der Waals surface area contributed by atoms with Crippen LogP contribution in [0.4, 0.5) is 11.8 Å². The second-order valence-electron chi connectivity index (χ2n) is 5.42. The maximum atomic E-state index is 4.74. The summed E-state index contributed by atoms with van der Waals surface area (Å²) in [5.74, 6) is 1.71. The lowest BCUT2D eigenvalue weighted by molar-refractivity contribution is 0.568. The molecule has 6 nitrogen and oxygen atoms in total. The molecule has 1 fully saturated rings. The fourth-order valence-electron chi connectivity index (χ4n) is 2.64. The van der Waals surface area contributed by atoms with Gasteiger partial charge in [0.2, 0.25) is 5.95 Å². The summed E-state index contributed by atoms with van der Waals surface area (Å²) >= 11 is 0. The number of hydrogen-bond donors (Lipinski definition) is 1. The van der Waals surface area contributed by atoms with Crippen LogP contribution in [0.1, 0.15) is 26.2 Å². The van der Waals surface area contributed by atoms with Gasteiger partial charge in [-0.2, -0.15) is 10.1 Å². The van der Waals surface area contributed by atoms with Crippen LogP contribution in [-0.2, 0) is 7.05 Å². The molecule has 3 rings (SSSR count). The highest BCUT2D eigenvalue weighted by molar-refractivity contribution is 5.63. The van der Waals surface area contributed by atoms with Crippen molar-refractivity contribution in [3.05, 3.63) is 18.5 Å². The molecule has 6 heteroatoms. The molecule has 3 heterocycles. The minimum absolute atomic E-state index is 0.826. The molecule has 0 spiro atoms. The van der Waals surface area contributed by atoms with Gasteiger partial charge in [-0.1, -0.05) is 0 Å². The van der Waals surface area contributed by atoms with Crippen molar-refractivity contribution in [1.82, 2.24) is 19.7 Å². The maximum Gasteiger partial charge on any atom is 0.227 e. The van der Waals surface area contributed by atoms with Crippen LogP contribution in [0.2, 0.25) is 0 Å². The molecule has 0 aromatic carbocycles. The first-order chi connectivity index (χ1) is 10.3. The van der Waals surface area contributed by atoms with E-state index in [2.05, 4.69) is 27.2 Å². The van der Waals surface area contributed by atoms with Gasteiger partial charge in [-0.3, -0.25) is 4.68 Å². The molecule has 0 aliphatic carbocycles. The molecule has 1 aliphatic rings. The van der Waals surface area contributed by atoms with Crippen LogP contribution in [0, 0.1) is 0 Å². The molecule has 0 atom stereocenters. The molecule has 0 amide bonds. The first kappa shape index (κ1) is 13.9. The standard InChI is InChI=1S/C15H22N6/c1-3-16-14-9-13(12-10-17-20(2)11-12)18-15(19-14)21-7-5-4-6-8-21/h9-11H,3-8H2,1-2H3,(H,16,18,19). The third-order valence-electron chi connectivity index (χ3n) is 3.71. The highest BCUT2D eigenvalue weighted by atomic mass is 15.3. The summed E-state index contributed by atoms with van der Waals surface area (Å²) < 4.78 is 1.80. The van der Waals surface area contributed by atoms with Crippen LogP contribution in [0.3, 0.4) is 0 Å². The Labute approximate surface area is 125 Å². The number of anilines is 2. The second kappa shape index (κ2) is 6.11. The number of aryl methyl sites for hydroxylation is 1. The summed E-state index contributed by atoms with van der Waals surface area (Å²) in [4.78, 5) is 11.7. The van der Waals surface area contributed by atoms with E-state index in [1.54, 1.807) is 4.68 Å². The minimum atomic E-state index is 0.826. The zero-order valence-corrected chi connectivity index (χ0v) is 12.7. The first-order valence-corrected chi connectivity index (χ1v) is 7.63. The van der Waals surface area contributed by atoms with Crippen molar-refractivity contribution in [2.24, 2.45) is 7.05 Å². The van der Waals surface area contributed by atoms with Crippen molar-refractivity contribution in [3.8, 4) is 11.3 Å². The molecule has 1 aliphatic heterocycles. The molecule has 0 saturated carbocycles. The molecule has 0 radical (unpaired) electrons. The van der Waals surface area contributed by atoms with E-state index >= 15 is 0 Å². The lowest BCUT2D eigenvalue weighted by atomic mass is 10.1. The summed E-state index contributed by atoms with van der Waals surface area (Å²) in [5.41, 5.74) is 1.95. The molecular formula is C15H22N6. The van der Waals surface area contributed by atoms with Gasteiger partial charge in [0.25, 0.3) is 0 Å². The second-order valence-corrected chi connectivity index (χ2v) is 5.42. The van der Waals surface area contributed by atoms with E-state index in [0.29, 0.717) is 0 Å². The van der Waals surface area contributed by atoms with Crippen molar-refractivity contribution >= 4 is 11.8 Å². The van der Waals surface area contributed by atoms with Gasteiger partial charge < -0.3 is 10.2 Å². The van der Waals surface area contributed by atoms with Gasteiger partial charge in [-0.25, -0.2) is 4.98 Å². The van der Waals surface area contributed by atoms with E-state index in [-0.39, 0.29) is 0 Å². The molecular weight excluding hydrogens is 264 g/mol. The van der Waals surface area contributed by atoms with Gasteiger partial charge in [-0.05, 0) is 26.2 Å². The van der Waals surface area contributed by atoms with Gasteiger partial charge in [0.15, 0.2) is 0 Å². The van der Waals surface area contributed by atoms with Gasteiger partial charge in [0.05, 0.1) is 11.9 Å². The zero-order valence-electron chi connectivity index (χ0n) is 12.7. The minimum Gasteiger partial charge on any atom is -0.370 e. The van der Waals surface area contributed by atoms with Crippen LogP contribution >= 0.6 is 0 Å². The number of rotatable bonds is 4.